The lowest BCUT2D eigenvalue weighted by Crippen LogP contribution is -2.27. The summed E-state index contributed by atoms with van der Waals surface area (Å²) in [5.41, 5.74) is 0.418. The van der Waals surface area contributed by atoms with Gasteiger partial charge in [-0.2, -0.15) is 5.26 Å². The molecule has 0 radical (unpaired) electrons. The van der Waals surface area contributed by atoms with Crippen LogP contribution in [0.5, 0.6) is 0 Å². The number of hydrogen-bond acceptors (Lipinski definition) is 5. The number of rotatable bonds is 5. The Kier molecular flexibility index (Phi) is 4.43. The van der Waals surface area contributed by atoms with E-state index in [4.69, 9.17) is 5.26 Å². The number of nitriles is 1. The largest absolute Gasteiger partial charge is 0.368 e. The highest BCUT2D eigenvalue weighted by molar-refractivity contribution is 5.69. The minimum atomic E-state index is -0.510. The Morgan fingerprint density at radius 1 is 1.59 bits per heavy atom. The van der Waals surface area contributed by atoms with Gasteiger partial charge in [-0.3, -0.25) is 10.1 Å². The van der Waals surface area contributed by atoms with Crippen LogP contribution in [-0.2, 0) is 0 Å². The number of likely N-dealkylation sites (N-methyl/N-ethyl adjacent to an activating group) is 2. The molecular weight excluding hydrogens is 220 g/mol. The average Bonchev–Trinajstić information content (AvgIpc) is 2.34. The molecular formula is C11H14N4O2. The predicted molar refractivity (Wildman–Crippen MR) is 65.0 cm³/mol. The fourth-order valence-corrected chi connectivity index (χ4v) is 1.52. The number of anilines is 1. The molecule has 0 atom stereocenters. The maximum absolute atomic E-state index is 11.0. The fourth-order valence-electron chi connectivity index (χ4n) is 1.52. The van der Waals surface area contributed by atoms with Crippen molar-refractivity contribution in [2.45, 2.75) is 0 Å². The first-order chi connectivity index (χ1) is 8.11. The van der Waals surface area contributed by atoms with E-state index in [0.717, 1.165) is 0 Å². The van der Waals surface area contributed by atoms with Crippen molar-refractivity contribution in [2.75, 3.05) is 32.1 Å². The number of nitro groups is 1. The number of benzene rings is 1. The lowest BCUT2D eigenvalue weighted by molar-refractivity contribution is -0.384. The first kappa shape index (κ1) is 12.9. The maximum Gasteiger partial charge on any atom is 0.310 e. The molecule has 1 N–H and O–H groups in total. The van der Waals surface area contributed by atoms with Crippen molar-refractivity contribution in [3.8, 4) is 6.07 Å². The Balaban J connectivity index is 3.15. The highest BCUT2D eigenvalue weighted by Crippen LogP contribution is 2.30. The molecule has 0 bridgehead atoms. The first-order valence-corrected chi connectivity index (χ1v) is 5.15. The van der Waals surface area contributed by atoms with Gasteiger partial charge >= 0.3 is 5.69 Å². The molecule has 0 aliphatic heterocycles. The van der Waals surface area contributed by atoms with Crippen molar-refractivity contribution < 1.29 is 4.92 Å². The van der Waals surface area contributed by atoms with Gasteiger partial charge in [0.05, 0.1) is 4.92 Å². The van der Waals surface area contributed by atoms with Gasteiger partial charge in [-0.1, -0.05) is 6.07 Å². The minimum absolute atomic E-state index is 0.0869. The van der Waals surface area contributed by atoms with Gasteiger partial charge < -0.3 is 10.2 Å². The van der Waals surface area contributed by atoms with Crippen LogP contribution in [0.4, 0.5) is 11.4 Å². The van der Waals surface area contributed by atoms with Crippen molar-refractivity contribution in [3.63, 3.8) is 0 Å². The molecule has 0 aliphatic rings. The normalized spacial score (nSPS) is 9.71. The zero-order valence-electron chi connectivity index (χ0n) is 9.80. The molecule has 6 heteroatoms. The van der Waals surface area contributed by atoms with Crippen LogP contribution in [-0.4, -0.2) is 32.1 Å². The van der Waals surface area contributed by atoms with Gasteiger partial charge in [0.2, 0.25) is 0 Å². The van der Waals surface area contributed by atoms with Gasteiger partial charge in [0.25, 0.3) is 0 Å². The second kappa shape index (κ2) is 5.82. The Morgan fingerprint density at radius 2 is 2.29 bits per heavy atom. The van der Waals surface area contributed by atoms with Crippen LogP contribution in [0.15, 0.2) is 18.2 Å². The van der Waals surface area contributed by atoms with Crippen molar-refractivity contribution in [3.05, 3.63) is 33.9 Å². The van der Waals surface area contributed by atoms with Gasteiger partial charge in [0, 0.05) is 20.1 Å². The Labute approximate surface area is 99.6 Å². The summed E-state index contributed by atoms with van der Waals surface area (Å²) in [7, 11) is 3.58. The summed E-state index contributed by atoms with van der Waals surface area (Å²) in [6.45, 7) is 1.34. The number of nitrogens with zero attached hydrogens (tertiary/aromatic N) is 3. The van der Waals surface area contributed by atoms with E-state index >= 15 is 0 Å². The molecule has 0 aliphatic carbocycles. The summed E-state index contributed by atoms with van der Waals surface area (Å²) in [6.07, 6.45) is 0. The highest BCUT2D eigenvalue weighted by atomic mass is 16.6. The van der Waals surface area contributed by atoms with E-state index in [1.54, 1.807) is 24.1 Å². The number of para-hydroxylation sites is 1. The summed E-state index contributed by atoms with van der Waals surface area (Å²) in [4.78, 5) is 12.2. The lowest BCUT2D eigenvalue weighted by atomic mass is 10.1. The van der Waals surface area contributed by atoms with E-state index in [1.165, 1.54) is 6.07 Å². The van der Waals surface area contributed by atoms with E-state index < -0.39 is 4.92 Å². The third-order valence-electron chi connectivity index (χ3n) is 2.43. The van der Waals surface area contributed by atoms with Gasteiger partial charge in [0.15, 0.2) is 0 Å². The van der Waals surface area contributed by atoms with Crippen LogP contribution in [0.2, 0.25) is 0 Å². The van der Waals surface area contributed by atoms with Gasteiger partial charge in [0.1, 0.15) is 17.3 Å². The molecule has 1 aromatic rings. The summed E-state index contributed by atoms with van der Waals surface area (Å²) >= 11 is 0. The van der Waals surface area contributed by atoms with Gasteiger partial charge in [-0.05, 0) is 19.2 Å². The molecule has 17 heavy (non-hydrogen) atoms. The number of nitrogens with one attached hydrogen (secondary N) is 1. The molecule has 0 heterocycles. The van der Waals surface area contributed by atoms with Crippen LogP contribution in [0.3, 0.4) is 0 Å². The molecule has 0 aromatic heterocycles. The third kappa shape index (κ3) is 2.92. The van der Waals surface area contributed by atoms with Crippen LogP contribution < -0.4 is 10.2 Å². The highest BCUT2D eigenvalue weighted by Gasteiger charge is 2.21. The summed E-state index contributed by atoms with van der Waals surface area (Å²) in [5, 5.41) is 22.8. The molecule has 0 saturated carbocycles. The first-order valence-electron chi connectivity index (χ1n) is 5.15. The average molecular weight is 234 g/mol. The van der Waals surface area contributed by atoms with E-state index in [0.29, 0.717) is 18.8 Å². The predicted octanol–water partition coefficient (Wildman–Crippen LogP) is 1.12. The quantitative estimate of drug-likeness (QED) is 0.609. The van der Waals surface area contributed by atoms with Crippen molar-refractivity contribution >= 4 is 11.4 Å². The van der Waals surface area contributed by atoms with E-state index in [1.807, 2.05) is 13.1 Å². The second-order valence-corrected chi connectivity index (χ2v) is 3.57. The number of hydrogen-bond donors (Lipinski definition) is 1. The van der Waals surface area contributed by atoms with Crippen LogP contribution in [0, 0.1) is 21.4 Å². The molecule has 0 fully saturated rings. The maximum atomic E-state index is 11.0. The van der Waals surface area contributed by atoms with Crippen LogP contribution in [0.1, 0.15) is 5.56 Å². The molecule has 90 valence electrons. The third-order valence-corrected chi connectivity index (χ3v) is 2.43. The second-order valence-electron chi connectivity index (χ2n) is 3.57. The molecule has 0 spiro atoms. The monoisotopic (exact) mass is 234 g/mol. The zero-order chi connectivity index (χ0) is 12.8. The van der Waals surface area contributed by atoms with Crippen LogP contribution >= 0.6 is 0 Å². The Hall–Kier alpha value is -2.13. The van der Waals surface area contributed by atoms with Gasteiger partial charge in [-0.15, -0.1) is 0 Å². The lowest BCUT2D eigenvalue weighted by Gasteiger charge is -2.19. The van der Waals surface area contributed by atoms with Crippen molar-refractivity contribution in [2.24, 2.45) is 0 Å². The molecule has 0 unspecified atom stereocenters. The SMILES string of the molecule is CNCCN(C)c1cccc(C#N)c1[N+](=O)[O-]. The fraction of sp³-hybridized carbons (Fsp3) is 0.364. The topological polar surface area (TPSA) is 82.2 Å². The number of nitro benzene ring substituents is 1. The Bertz CT molecular complexity index is 453. The van der Waals surface area contributed by atoms with E-state index in [9.17, 15) is 10.1 Å². The van der Waals surface area contributed by atoms with Crippen molar-refractivity contribution in [1.29, 1.82) is 5.26 Å². The standard InChI is InChI=1S/C11H14N4O2/c1-13-6-7-14(2)10-5-3-4-9(8-12)11(10)15(16)17/h3-5,13H,6-7H2,1-2H3. The molecule has 1 rings (SSSR count). The minimum Gasteiger partial charge on any atom is -0.368 e. The van der Waals surface area contributed by atoms with Gasteiger partial charge in [-0.25, -0.2) is 0 Å². The summed E-state index contributed by atoms with van der Waals surface area (Å²) < 4.78 is 0. The summed E-state index contributed by atoms with van der Waals surface area (Å²) in [5.74, 6) is 0. The molecule has 6 nitrogen and oxygen atoms in total. The molecule has 1 aromatic carbocycles. The molecule has 0 amide bonds. The van der Waals surface area contributed by atoms with E-state index in [-0.39, 0.29) is 11.3 Å². The zero-order valence-corrected chi connectivity index (χ0v) is 9.80. The van der Waals surface area contributed by atoms with E-state index in [2.05, 4.69) is 5.32 Å². The van der Waals surface area contributed by atoms with Crippen LogP contribution in [0.25, 0.3) is 0 Å². The Morgan fingerprint density at radius 3 is 2.82 bits per heavy atom. The van der Waals surface area contributed by atoms with Crippen molar-refractivity contribution in [1.82, 2.24) is 5.32 Å². The molecule has 0 saturated heterocycles. The smallest absolute Gasteiger partial charge is 0.310 e. The summed E-state index contributed by atoms with van der Waals surface area (Å²) in [6, 6.07) is 6.59.